The van der Waals surface area contributed by atoms with Gasteiger partial charge < -0.3 is 0 Å². The van der Waals surface area contributed by atoms with E-state index in [1.54, 1.807) is 0 Å². The lowest BCUT2D eigenvalue weighted by atomic mass is 9.75. The van der Waals surface area contributed by atoms with E-state index in [1.165, 1.54) is 238 Å². The van der Waals surface area contributed by atoms with Crippen LogP contribution >= 0.6 is 0 Å². The summed E-state index contributed by atoms with van der Waals surface area (Å²) in [5.74, 6) is 0. The quantitative estimate of drug-likeness (QED) is 0.140. The molecule has 0 N–H and O–H groups in total. The van der Waals surface area contributed by atoms with Crippen molar-refractivity contribution in [2.24, 2.45) is 0 Å². The number of benzene rings is 16. The van der Waals surface area contributed by atoms with E-state index in [4.69, 9.17) is 0 Å². The Morgan fingerprint density at radius 3 is 1.06 bits per heavy atom. The predicted octanol–water partition coefficient (Wildman–Crippen LogP) is 24.8. The first-order valence-corrected chi connectivity index (χ1v) is 32.9. The topological polar surface area (TPSA) is 0 Å². The first kappa shape index (κ1) is 50.6. The standard InChI is InChI=1S/C90H62/c1-2-11-55(12-3-1)64-16-9-17-65(49-64)67-33-40-74-76-42-35-69(54-84(76)90(82(74)52-67)47-6-7-48-90)72-38-36-70-50-80(77-18-10-15-62-31-44-79(72)88(70)87(62)77)59-25-23-57(24-26-59)56-19-21-58(22-20-56)66-32-39-73-75-41-34-68(53-83(75)89(81(73)51-66)45-4-5-46-89)71-37-29-63-28-27-60-13-8-14-61-30-43-78(71)86(63)85(60)61/h1-3,8-44,49-54H,4-7,45-48H2. The molecule has 16 aromatic carbocycles. The second-order valence-electron chi connectivity index (χ2n) is 26.8. The molecule has 0 unspecified atom stereocenters. The lowest BCUT2D eigenvalue weighted by molar-refractivity contribution is 0.550. The summed E-state index contributed by atoms with van der Waals surface area (Å²) in [5.41, 5.74) is 29.7. The van der Waals surface area contributed by atoms with Crippen LogP contribution in [0.1, 0.15) is 73.6 Å². The van der Waals surface area contributed by atoms with Crippen LogP contribution in [0.5, 0.6) is 0 Å². The smallest absolute Gasteiger partial charge is 0.0215 e. The maximum Gasteiger partial charge on any atom is 0.0215 e. The monoisotopic (exact) mass is 1140 g/mol. The van der Waals surface area contributed by atoms with Gasteiger partial charge >= 0.3 is 0 Å². The van der Waals surface area contributed by atoms with Crippen molar-refractivity contribution in [3.63, 3.8) is 0 Å². The van der Waals surface area contributed by atoms with Gasteiger partial charge in [0.15, 0.2) is 0 Å². The number of hydrogen-bond acceptors (Lipinski definition) is 0. The van der Waals surface area contributed by atoms with Gasteiger partial charge in [-0.1, -0.05) is 268 Å². The average molecular weight is 1140 g/mol. The summed E-state index contributed by atoms with van der Waals surface area (Å²) in [6, 6.07) is 108. The van der Waals surface area contributed by atoms with Crippen molar-refractivity contribution in [3.05, 3.63) is 301 Å². The van der Waals surface area contributed by atoms with Gasteiger partial charge in [-0.2, -0.15) is 0 Å². The fourth-order valence-corrected chi connectivity index (χ4v) is 18.2. The van der Waals surface area contributed by atoms with E-state index < -0.39 is 0 Å². The molecular formula is C90H62. The minimum absolute atomic E-state index is 0.0314. The molecule has 0 aromatic heterocycles. The Morgan fingerprint density at radius 2 is 0.500 bits per heavy atom. The molecule has 422 valence electrons. The molecule has 4 aliphatic carbocycles. The van der Waals surface area contributed by atoms with Crippen LogP contribution in [0.3, 0.4) is 0 Å². The molecule has 0 bridgehead atoms. The van der Waals surface area contributed by atoms with E-state index in [2.05, 4.69) is 279 Å². The minimum atomic E-state index is 0.0314. The minimum Gasteiger partial charge on any atom is -0.0622 e. The fraction of sp³-hybridized carbons (Fsp3) is 0.111. The van der Waals surface area contributed by atoms with E-state index in [9.17, 15) is 0 Å². The second kappa shape index (κ2) is 19.1. The zero-order valence-electron chi connectivity index (χ0n) is 50.2. The van der Waals surface area contributed by atoms with E-state index in [-0.39, 0.29) is 10.8 Å². The van der Waals surface area contributed by atoms with Crippen LogP contribution < -0.4 is 0 Å². The molecule has 0 saturated heterocycles. The summed E-state index contributed by atoms with van der Waals surface area (Å²) >= 11 is 0. The summed E-state index contributed by atoms with van der Waals surface area (Å²) in [6.45, 7) is 0. The predicted molar refractivity (Wildman–Crippen MR) is 381 cm³/mol. The van der Waals surface area contributed by atoms with E-state index in [0.717, 1.165) is 0 Å². The molecule has 4 aliphatic rings. The molecule has 0 amide bonds. The van der Waals surface area contributed by atoms with Gasteiger partial charge in [0.25, 0.3) is 0 Å². The molecule has 90 heavy (non-hydrogen) atoms. The van der Waals surface area contributed by atoms with Crippen LogP contribution in [0.4, 0.5) is 0 Å². The largest absolute Gasteiger partial charge is 0.0622 e. The lowest BCUT2D eigenvalue weighted by Crippen LogP contribution is -2.20. The van der Waals surface area contributed by atoms with Crippen molar-refractivity contribution < 1.29 is 0 Å². The molecule has 20 rings (SSSR count). The number of fused-ring (bicyclic) bond motifs is 10. The molecular weight excluding hydrogens is 1080 g/mol. The normalized spacial score (nSPS) is 15.2. The first-order chi connectivity index (χ1) is 44.5. The second-order valence-corrected chi connectivity index (χ2v) is 26.8. The van der Waals surface area contributed by atoms with Crippen molar-refractivity contribution in [2.75, 3.05) is 0 Å². The third-order valence-electron chi connectivity index (χ3n) is 22.5. The van der Waals surface area contributed by atoms with E-state index in [0.29, 0.717) is 0 Å². The van der Waals surface area contributed by atoms with Gasteiger partial charge in [0, 0.05) is 10.8 Å². The highest BCUT2D eigenvalue weighted by molar-refractivity contribution is 6.29. The molecule has 0 atom stereocenters. The van der Waals surface area contributed by atoms with E-state index >= 15 is 0 Å². The highest BCUT2D eigenvalue weighted by Gasteiger charge is 2.47. The van der Waals surface area contributed by atoms with Gasteiger partial charge in [0.1, 0.15) is 0 Å². The summed E-state index contributed by atoms with van der Waals surface area (Å²) in [5, 5.41) is 16.0. The van der Waals surface area contributed by atoms with Crippen molar-refractivity contribution in [1.82, 2.24) is 0 Å². The van der Waals surface area contributed by atoms with Gasteiger partial charge in [-0.05, 0) is 249 Å². The Morgan fingerprint density at radius 1 is 0.178 bits per heavy atom. The van der Waals surface area contributed by atoms with Crippen LogP contribution in [0.15, 0.2) is 279 Å². The summed E-state index contributed by atoms with van der Waals surface area (Å²) < 4.78 is 0. The molecule has 16 aromatic rings. The van der Waals surface area contributed by atoms with Crippen LogP contribution in [0, 0.1) is 0 Å². The van der Waals surface area contributed by atoms with Crippen LogP contribution in [0.2, 0.25) is 0 Å². The fourth-order valence-electron chi connectivity index (χ4n) is 18.2. The van der Waals surface area contributed by atoms with Crippen molar-refractivity contribution in [1.29, 1.82) is 0 Å². The average Bonchev–Trinajstić information content (AvgIpc) is 1.36. The highest BCUT2D eigenvalue weighted by Crippen LogP contribution is 2.60. The zero-order chi connectivity index (χ0) is 58.8. The zero-order valence-corrected chi connectivity index (χ0v) is 50.2. The van der Waals surface area contributed by atoms with Crippen LogP contribution in [-0.2, 0) is 10.8 Å². The van der Waals surface area contributed by atoms with Gasteiger partial charge in [0.05, 0.1) is 0 Å². The molecule has 0 radical (unpaired) electrons. The molecule has 2 fully saturated rings. The highest BCUT2D eigenvalue weighted by atomic mass is 14.5. The molecule has 0 nitrogen and oxygen atoms in total. The van der Waals surface area contributed by atoms with Gasteiger partial charge in [0.2, 0.25) is 0 Å². The Labute approximate surface area is 525 Å². The van der Waals surface area contributed by atoms with E-state index in [1.807, 2.05) is 0 Å². The number of rotatable bonds is 7. The van der Waals surface area contributed by atoms with Gasteiger partial charge in [-0.15, -0.1) is 0 Å². The van der Waals surface area contributed by atoms with Gasteiger partial charge in [-0.25, -0.2) is 0 Å². The van der Waals surface area contributed by atoms with Crippen molar-refractivity contribution in [3.8, 4) is 100 Å². The SMILES string of the molecule is c1ccc(-c2cccc(-c3ccc4c(c3)C3(CCCC3)c3cc(-c5ccc6cc(-c7ccc(-c8ccc(-c9ccc%10c(c9)C9(CCCC9)c9cc(-c%11ccc%12ccc%13cccc%14ccc%11c%12c%13%14)ccc9-%10)cc8)cc7)c7cccc8ccc5c6c87)ccc3-4)c2)cc1. The summed E-state index contributed by atoms with van der Waals surface area (Å²) in [7, 11) is 0. The molecule has 2 saturated carbocycles. The summed E-state index contributed by atoms with van der Waals surface area (Å²) in [4.78, 5) is 0. The third-order valence-corrected chi connectivity index (χ3v) is 22.5. The molecule has 2 spiro atoms. The molecule has 0 heteroatoms. The maximum atomic E-state index is 2.59. The first-order valence-electron chi connectivity index (χ1n) is 32.9. The Kier molecular flexibility index (Phi) is 10.7. The Hall–Kier alpha value is -10.4. The van der Waals surface area contributed by atoms with Crippen molar-refractivity contribution in [2.45, 2.75) is 62.2 Å². The van der Waals surface area contributed by atoms with Gasteiger partial charge in [-0.3, -0.25) is 0 Å². The summed E-state index contributed by atoms with van der Waals surface area (Å²) in [6.07, 6.45) is 9.83. The Balaban J connectivity index is 0.597. The Bertz CT molecular complexity index is 5610. The maximum absolute atomic E-state index is 2.59. The lowest BCUT2D eigenvalue weighted by Gasteiger charge is -2.27. The van der Waals surface area contributed by atoms with Crippen LogP contribution in [-0.4, -0.2) is 0 Å². The third kappa shape index (κ3) is 7.25. The van der Waals surface area contributed by atoms with Crippen molar-refractivity contribution >= 4 is 64.6 Å². The number of hydrogen-bond donors (Lipinski definition) is 0. The molecule has 0 aliphatic heterocycles. The molecule has 0 heterocycles. The van der Waals surface area contributed by atoms with Crippen LogP contribution in [0.25, 0.3) is 165 Å².